The predicted octanol–water partition coefficient (Wildman–Crippen LogP) is 2.20. The molecule has 0 aromatic heterocycles. The molecule has 1 aliphatic heterocycles. The largest absolute Gasteiger partial charge is 0.340 e. The van der Waals surface area contributed by atoms with Crippen molar-refractivity contribution in [3.05, 3.63) is 23.3 Å². The Hall–Kier alpha value is -0.310. The molecule has 1 fully saturated rings. The van der Waals surface area contributed by atoms with Gasteiger partial charge in [-0.2, -0.15) is 0 Å². The van der Waals surface area contributed by atoms with Crippen molar-refractivity contribution in [3.8, 4) is 0 Å². The molecule has 1 aliphatic carbocycles. The second-order valence-electron chi connectivity index (χ2n) is 3.46. The molecular weight excluding hydrogens is 176 g/mol. The zero-order valence-electron chi connectivity index (χ0n) is 7.08. The van der Waals surface area contributed by atoms with Gasteiger partial charge in [-0.25, -0.2) is 0 Å². The Balaban J connectivity index is 2.24. The highest BCUT2D eigenvalue weighted by Gasteiger charge is 2.42. The van der Waals surface area contributed by atoms with Crippen molar-refractivity contribution in [2.75, 3.05) is 0 Å². The molecule has 2 rings (SSSR count). The van der Waals surface area contributed by atoms with Gasteiger partial charge in [0.1, 0.15) is 12.2 Å². The SMILES string of the molecule is CC1(C)O[C@H]2C=CC=C(Cl)[C@@H]2O1. The molecule has 0 amide bonds. The van der Waals surface area contributed by atoms with E-state index in [1.54, 1.807) is 0 Å². The standard InChI is InChI=1S/C9H11ClO2/c1-9(2)11-7-5-3-4-6(10)8(7)12-9/h3-5,7-8H,1-2H3/t7-,8-/m0/s1. The fourth-order valence-electron chi connectivity index (χ4n) is 1.50. The van der Waals surface area contributed by atoms with E-state index in [0.29, 0.717) is 5.03 Å². The lowest BCUT2D eigenvalue weighted by Crippen LogP contribution is -2.22. The van der Waals surface area contributed by atoms with Crippen molar-refractivity contribution in [3.63, 3.8) is 0 Å². The van der Waals surface area contributed by atoms with Gasteiger partial charge in [-0.1, -0.05) is 23.8 Å². The maximum absolute atomic E-state index is 5.95. The minimum absolute atomic E-state index is 0.0162. The number of hydrogen-bond acceptors (Lipinski definition) is 2. The summed E-state index contributed by atoms with van der Waals surface area (Å²) in [6.45, 7) is 3.78. The van der Waals surface area contributed by atoms with Crippen molar-refractivity contribution in [2.24, 2.45) is 0 Å². The van der Waals surface area contributed by atoms with Gasteiger partial charge in [0, 0.05) is 5.03 Å². The van der Waals surface area contributed by atoms with Gasteiger partial charge in [0.25, 0.3) is 0 Å². The molecule has 0 aromatic carbocycles. The third-order valence-corrected chi connectivity index (χ3v) is 2.30. The fourth-order valence-corrected chi connectivity index (χ4v) is 1.74. The minimum atomic E-state index is -0.516. The molecule has 2 nitrogen and oxygen atoms in total. The van der Waals surface area contributed by atoms with Gasteiger partial charge < -0.3 is 9.47 Å². The van der Waals surface area contributed by atoms with Gasteiger partial charge >= 0.3 is 0 Å². The average molecular weight is 187 g/mol. The highest BCUT2D eigenvalue weighted by Crippen LogP contribution is 2.35. The number of rotatable bonds is 0. The molecule has 0 unspecified atom stereocenters. The summed E-state index contributed by atoms with van der Waals surface area (Å²) >= 11 is 5.95. The zero-order valence-corrected chi connectivity index (χ0v) is 7.84. The van der Waals surface area contributed by atoms with Crippen molar-refractivity contribution in [1.29, 1.82) is 0 Å². The van der Waals surface area contributed by atoms with Crippen molar-refractivity contribution in [2.45, 2.75) is 31.8 Å². The van der Waals surface area contributed by atoms with Crippen LogP contribution < -0.4 is 0 Å². The van der Waals surface area contributed by atoms with E-state index in [9.17, 15) is 0 Å². The Morgan fingerprint density at radius 1 is 1.42 bits per heavy atom. The smallest absolute Gasteiger partial charge is 0.164 e. The monoisotopic (exact) mass is 186 g/mol. The van der Waals surface area contributed by atoms with E-state index in [0.717, 1.165) is 0 Å². The predicted molar refractivity (Wildman–Crippen MR) is 46.9 cm³/mol. The maximum atomic E-state index is 5.95. The zero-order chi connectivity index (χ0) is 8.77. The molecule has 0 saturated carbocycles. The molecule has 1 saturated heterocycles. The Morgan fingerprint density at radius 3 is 2.83 bits per heavy atom. The molecule has 2 aliphatic rings. The fraction of sp³-hybridized carbons (Fsp3) is 0.556. The van der Waals surface area contributed by atoms with Gasteiger partial charge in [0.2, 0.25) is 0 Å². The van der Waals surface area contributed by atoms with E-state index in [1.165, 1.54) is 0 Å². The summed E-state index contributed by atoms with van der Waals surface area (Å²) in [6, 6.07) is 0. The summed E-state index contributed by atoms with van der Waals surface area (Å²) in [4.78, 5) is 0. The first kappa shape index (κ1) is 8.30. The lowest BCUT2D eigenvalue weighted by Gasteiger charge is -2.16. The number of fused-ring (bicyclic) bond motifs is 1. The van der Waals surface area contributed by atoms with E-state index < -0.39 is 5.79 Å². The van der Waals surface area contributed by atoms with E-state index in [2.05, 4.69) is 0 Å². The molecular formula is C9H11ClO2. The highest BCUT2D eigenvalue weighted by molar-refractivity contribution is 6.30. The van der Waals surface area contributed by atoms with Gasteiger partial charge in [-0.15, -0.1) is 0 Å². The van der Waals surface area contributed by atoms with Crippen LogP contribution in [-0.4, -0.2) is 18.0 Å². The van der Waals surface area contributed by atoms with Crippen LogP contribution in [0.3, 0.4) is 0 Å². The van der Waals surface area contributed by atoms with Gasteiger partial charge in [0.15, 0.2) is 5.79 Å². The lowest BCUT2D eigenvalue weighted by molar-refractivity contribution is -0.139. The van der Waals surface area contributed by atoms with Crippen LogP contribution in [0.1, 0.15) is 13.8 Å². The van der Waals surface area contributed by atoms with Crippen LogP contribution in [0.25, 0.3) is 0 Å². The van der Waals surface area contributed by atoms with Crippen LogP contribution in [0, 0.1) is 0 Å². The Bertz CT molecular complexity index is 255. The molecule has 0 spiro atoms. The lowest BCUT2D eigenvalue weighted by atomic mass is 10.1. The molecule has 0 N–H and O–H groups in total. The van der Waals surface area contributed by atoms with E-state index in [-0.39, 0.29) is 12.2 Å². The first-order valence-corrected chi connectivity index (χ1v) is 4.36. The summed E-state index contributed by atoms with van der Waals surface area (Å²) in [5, 5.41) is 0.716. The normalized spacial score (nSPS) is 37.8. The van der Waals surface area contributed by atoms with Gasteiger partial charge in [-0.05, 0) is 19.9 Å². The number of halogens is 1. The average Bonchev–Trinajstić information content (AvgIpc) is 2.25. The van der Waals surface area contributed by atoms with Crippen molar-refractivity contribution >= 4 is 11.6 Å². The van der Waals surface area contributed by atoms with Gasteiger partial charge in [0.05, 0.1) is 0 Å². The first-order valence-electron chi connectivity index (χ1n) is 3.98. The van der Waals surface area contributed by atoms with Crippen LogP contribution in [0.15, 0.2) is 23.3 Å². The van der Waals surface area contributed by atoms with E-state index in [4.69, 9.17) is 21.1 Å². The van der Waals surface area contributed by atoms with Crippen molar-refractivity contribution in [1.82, 2.24) is 0 Å². The Labute approximate surface area is 76.8 Å². The molecule has 0 aromatic rings. The summed E-state index contributed by atoms with van der Waals surface area (Å²) in [5.74, 6) is -0.516. The molecule has 12 heavy (non-hydrogen) atoms. The number of hydrogen-bond donors (Lipinski definition) is 0. The van der Waals surface area contributed by atoms with Crippen LogP contribution in [-0.2, 0) is 9.47 Å². The summed E-state index contributed by atoms with van der Waals surface area (Å²) in [6.07, 6.45) is 5.58. The maximum Gasteiger partial charge on any atom is 0.164 e. The molecule has 2 atom stereocenters. The van der Waals surface area contributed by atoms with Crippen LogP contribution in [0.4, 0.5) is 0 Å². The third kappa shape index (κ3) is 1.30. The van der Waals surface area contributed by atoms with Crippen LogP contribution >= 0.6 is 11.6 Å². The van der Waals surface area contributed by atoms with Crippen LogP contribution in [0.2, 0.25) is 0 Å². The Kier molecular flexibility index (Phi) is 1.79. The van der Waals surface area contributed by atoms with Gasteiger partial charge in [-0.3, -0.25) is 0 Å². The molecule has 66 valence electrons. The number of ether oxygens (including phenoxy) is 2. The quantitative estimate of drug-likeness (QED) is 0.578. The summed E-state index contributed by atoms with van der Waals surface area (Å²) in [5.41, 5.74) is 0. The minimum Gasteiger partial charge on any atom is -0.340 e. The van der Waals surface area contributed by atoms with Crippen LogP contribution in [0.5, 0.6) is 0 Å². The molecule has 1 heterocycles. The van der Waals surface area contributed by atoms with E-state index in [1.807, 2.05) is 32.1 Å². The second kappa shape index (κ2) is 2.59. The summed E-state index contributed by atoms with van der Waals surface area (Å²) < 4.78 is 11.2. The van der Waals surface area contributed by atoms with E-state index >= 15 is 0 Å². The third-order valence-electron chi connectivity index (χ3n) is 1.96. The molecule has 3 heteroatoms. The molecule has 0 bridgehead atoms. The molecule has 0 radical (unpaired) electrons. The van der Waals surface area contributed by atoms with Crippen molar-refractivity contribution < 1.29 is 9.47 Å². The highest BCUT2D eigenvalue weighted by atomic mass is 35.5. The Morgan fingerprint density at radius 2 is 2.17 bits per heavy atom. The summed E-state index contributed by atoms with van der Waals surface area (Å²) in [7, 11) is 0. The number of allylic oxidation sites excluding steroid dienone is 2. The second-order valence-corrected chi connectivity index (χ2v) is 3.89. The first-order chi connectivity index (χ1) is 5.58. The topological polar surface area (TPSA) is 18.5 Å².